The first-order valence-electron chi connectivity index (χ1n) is 6.91. The molecule has 0 bridgehead atoms. The molecule has 0 aliphatic heterocycles. The van der Waals surface area contributed by atoms with Crippen LogP contribution in [-0.2, 0) is 4.79 Å². The summed E-state index contributed by atoms with van der Waals surface area (Å²) >= 11 is 11.8. The van der Waals surface area contributed by atoms with E-state index in [2.05, 4.69) is 10.5 Å². The van der Waals surface area contributed by atoms with E-state index in [1.807, 2.05) is 6.07 Å². The third-order valence-electron chi connectivity index (χ3n) is 3.04. The standard InChI is InChI=1S/C17H13Cl2N3O2/c1-11(13-4-7-15(18)16(19)8-13)21-22-17(23)10-24-14-5-2-12(9-20)3-6-14/h2-8H,10H2,1H3,(H,22,23)/b21-11-. The smallest absolute Gasteiger partial charge is 0.277 e. The van der Waals surface area contributed by atoms with Crippen LogP contribution in [0, 0.1) is 11.3 Å². The number of hydrogen-bond acceptors (Lipinski definition) is 4. The number of nitrogens with zero attached hydrogens (tertiary/aromatic N) is 2. The predicted octanol–water partition coefficient (Wildman–Crippen LogP) is 3.78. The van der Waals surface area contributed by atoms with E-state index in [1.165, 1.54) is 0 Å². The average Bonchev–Trinajstić information content (AvgIpc) is 2.60. The molecule has 24 heavy (non-hydrogen) atoms. The molecule has 0 fully saturated rings. The first-order valence-corrected chi connectivity index (χ1v) is 7.66. The maximum absolute atomic E-state index is 11.8. The molecule has 0 unspecified atom stereocenters. The fourth-order valence-electron chi connectivity index (χ4n) is 1.74. The molecular formula is C17H13Cl2N3O2. The van der Waals surface area contributed by atoms with Crippen molar-refractivity contribution in [1.82, 2.24) is 5.43 Å². The van der Waals surface area contributed by atoms with Crippen LogP contribution in [0.25, 0.3) is 0 Å². The maximum Gasteiger partial charge on any atom is 0.277 e. The number of carbonyl (C=O) groups is 1. The van der Waals surface area contributed by atoms with Crippen LogP contribution in [0.1, 0.15) is 18.1 Å². The first kappa shape index (κ1) is 17.8. The molecule has 0 aliphatic rings. The van der Waals surface area contributed by atoms with Gasteiger partial charge in [0.2, 0.25) is 0 Å². The van der Waals surface area contributed by atoms with Gasteiger partial charge in [-0.05, 0) is 48.9 Å². The molecular weight excluding hydrogens is 349 g/mol. The number of hydrogen-bond donors (Lipinski definition) is 1. The largest absolute Gasteiger partial charge is 0.484 e. The van der Waals surface area contributed by atoms with Crippen LogP contribution < -0.4 is 10.2 Å². The minimum Gasteiger partial charge on any atom is -0.484 e. The fourth-order valence-corrected chi connectivity index (χ4v) is 2.04. The third kappa shape index (κ3) is 4.98. The van der Waals surface area contributed by atoms with Crippen molar-refractivity contribution < 1.29 is 9.53 Å². The zero-order valence-electron chi connectivity index (χ0n) is 12.7. The summed E-state index contributed by atoms with van der Waals surface area (Å²) < 4.78 is 5.31. The van der Waals surface area contributed by atoms with Gasteiger partial charge in [-0.2, -0.15) is 10.4 Å². The number of ether oxygens (including phenoxy) is 1. The molecule has 0 aliphatic carbocycles. The Bertz CT molecular complexity index is 812. The van der Waals surface area contributed by atoms with Crippen LogP contribution in [0.4, 0.5) is 0 Å². The Morgan fingerprint density at radius 3 is 2.54 bits per heavy atom. The second kappa shape index (κ2) is 8.34. The van der Waals surface area contributed by atoms with Gasteiger partial charge in [0, 0.05) is 0 Å². The fraction of sp³-hybridized carbons (Fsp3) is 0.118. The number of halogens is 2. The van der Waals surface area contributed by atoms with Crippen molar-refractivity contribution in [2.75, 3.05) is 6.61 Å². The van der Waals surface area contributed by atoms with Crippen molar-refractivity contribution in [1.29, 1.82) is 5.26 Å². The number of carbonyl (C=O) groups excluding carboxylic acids is 1. The van der Waals surface area contributed by atoms with E-state index in [-0.39, 0.29) is 6.61 Å². The number of nitrogens with one attached hydrogen (secondary N) is 1. The van der Waals surface area contributed by atoms with E-state index in [1.54, 1.807) is 49.4 Å². The molecule has 2 aromatic rings. The SMILES string of the molecule is C/C(=N/NC(=O)COc1ccc(C#N)cc1)c1ccc(Cl)c(Cl)c1. The van der Waals surface area contributed by atoms with Gasteiger partial charge in [0.25, 0.3) is 5.91 Å². The van der Waals surface area contributed by atoms with E-state index in [9.17, 15) is 4.79 Å². The molecule has 0 heterocycles. The van der Waals surface area contributed by atoms with Crippen molar-refractivity contribution in [3.63, 3.8) is 0 Å². The lowest BCUT2D eigenvalue weighted by molar-refractivity contribution is -0.123. The monoisotopic (exact) mass is 361 g/mol. The average molecular weight is 362 g/mol. The number of amides is 1. The lowest BCUT2D eigenvalue weighted by Gasteiger charge is -2.06. The summed E-state index contributed by atoms with van der Waals surface area (Å²) in [5, 5.41) is 13.6. The molecule has 122 valence electrons. The van der Waals surface area contributed by atoms with Crippen molar-refractivity contribution in [3.8, 4) is 11.8 Å². The Labute approximate surface area is 149 Å². The maximum atomic E-state index is 11.8. The molecule has 2 aromatic carbocycles. The first-order chi connectivity index (χ1) is 11.5. The Hall–Kier alpha value is -2.55. The van der Waals surface area contributed by atoms with Crippen LogP contribution in [0.3, 0.4) is 0 Å². The molecule has 5 nitrogen and oxygen atoms in total. The predicted molar refractivity (Wildman–Crippen MR) is 93.5 cm³/mol. The molecule has 0 radical (unpaired) electrons. The lowest BCUT2D eigenvalue weighted by Crippen LogP contribution is -2.25. The summed E-state index contributed by atoms with van der Waals surface area (Å²) in [4.78, 5) is 11.8. The summed E-state index contributed by atoms with van der Waals surface area (Å²) in [6, 6.07) is 13.6. The van der Waals surface area contributed by atoms with Gasteiger partial charge >= 0.3 is 0 Å². The number of hydrazone groups is 1. The Morgan fingerprint density at radius 1 is 1.21 bits per heavy atom. The summed E-state index contributed by atoms with van der Waals surface area (Å²) in [5.41, 5.74) is 4.26. The highest BCUT2D eigenvalue weighted by Gasteiger charge is 2.05. The molecule has 0 saturated carbocycles. The van der Waals surface area contributed by atoms with Gasteiger partial charge in [-0.1, -0.05) is 29.3 Å². The summed E-state index contributed by atoms with van der Waals surface area (Å²) in [6.45, 7) is 1.55. The van der Waals surface area contributed by atoms with E-state index in [0.717, 1.165) is 5.56 Å². The minimum absolute atomic E-state index is 0.190. The van der Waals surface area contributed by atoms with E-state index >= 15 is 0 Å². The van der Waals surface area contributed by atoms with E-state index in [4.69, 9.17) is 33.2 Å². The van der Waals surface area contributed by atoms with Gasteiger partial charge in [0.15, 0.2) is 6.61 Å². The highest BCUT2D eigenvalue weighted by molar-refractivity contribution is 6.42. The van der Waals surface area contributed by atoms with Crippen LogP contribution >= 0.6 is 23.2 Å². The highest BCUT2D eigenvalue weighted by Crippen LogP contribution is 2.22. The van der Waals surface area contributed by atoms with Gasteiger partial charge in [-0.3, -0.25) is 4.79 Å². The van der Waals surface area contributed by atoms with Crippen LogP contribution in [-0.4, -0.2) is 18.2 Å². The minimum atomic E-state index is -0.404. The van der Waals surface area contributed by atoms with Gasteiger partial charge in [0.05, 0.1) is 27.4 Å². The van der Waals surface area contributed by atoms with E-state index < -0.39 is 5.91 Å². The molecule has 2 rings (SSSR count). The molecule has 7 heteroatoms. The third-order valence-corrected chi connectivity index (χ3v) is 3.78. The van der Waals surface area contributed by atoms with Crippen LogP contribution in [0.5, 0.6) is 5.75 Å². The summed E-state index contributed by atoms with van der Waals surface area (Å²) in [7, 11) is 0. The van der Waals surface area contributed by atoms with E-state index in [0.29, 0.717) is 27.1 Å². The van der Waals surface area contributed by atoms with Crippen molar-refractivity contribution in [2.45, 2.75) is 6.92 Å². The highest BCUT2D eigenvalue weighted by atomic mass is 35.5. The summed E-state index contributed by atoms with van der Waals surface area (Å²) in [5.74, 6) is 0.0908. The Kier molecular flexibility index (Phi) is 6.19. The molecule has 0 saturated heterocycles. The normalized spacial score (nSPS) is 10.8. The number of nitriles is 1. The molecule has 1 N–H and O–H groups in total. The number of benzene rings is 2. The van der Waals surface area contributed by atoms with Crippen LogP contribution in [0.2, 0.25) is 10.0 Å². The van der Waals surface area contributed by atoms with Crippen molar-refractivity contribution in [3.05, 3.63) is 63.6 Å². The van der Waals surface area contributed by atoms with Crippen LogP contribution in [0.15, 0.2) is 47.6 Å². The molecule has 0 atom stereocenters. The molecule has 1 amide bonds. The Morgan fingerprint density at radius 2 is 1.92 bits per heavy atom. The molecule has 0 aromatic heterocycles. The second-order valence-electron chi connectivity index (χ2n) is 4.79. The summed E-state index contributed by atoms with van der Waals surface area (Å²) in [6.07, 6.45) is 0. The van der Waals surface area contributed by atoms with Crippen molar-refractivity contribution >= 4 is 34.8 Å². The van der Waals surface area contributed by atoms with Crippen molar-refractivity contribution in [2.24, 2.45) is 5.10 Å². The van der Waals surface area contributed by atoms with Gasteiger partial charge in [-0.15, -0.1) is 0 Å². The number of rotatable bonds is 5. The van der Waals surface area contributed by atoms with Gasteiger partial charge in [-0.25, -0.2) is 5.43 Å². The molecule has 0 spiro atoms. The zero-order valence-corrected chi connectivity index (χ0v) is 14.2. The quantitative estimate of drug-likeness (QED) is 0.650. The second-order valence-corrected chi connectivity index (χ2v) is 5.60. The Balaban J connectivity index is 1.89. The topological polar surface area (TPSA) is 74.5 Å². The van der Waals surface area contributed by atoms with Gasteiger partial charge in [0.1, 0.15) is 5.75 Å². The zero-order chi connectivity index (χ0) is 17.5. The van der Waals surface area contributed by atoms with Gasteiger partial charge < -0.3 is 4.74 Å². The lowest BCUT2D eigenvalue weighted by atomic mass is 10.1.